The molecule has 2 rings (SSSR count). The van der Waals surface area contributed by atoms with Crippen molar-refractivity contribution in [1.82, 2.24) is 4.90 Å². The fourth-order valence-electron chi connectivity index (χ4n) is 5.51. The van der Waals surface area contributed by atoms with E-state index < -0.39 is 36.5 Å². The van der Waals surface area contributed by atoms with Crippen LogP contribution in [0, 0.1) is 11.8 Å². The lowest BCUT2D eigenvalue weighted by molar-refractivity contribution is -0.166. The number of carbonyl (C=O) groups is 2. The van der Waals surface area contributed by atoms with Crippen molar-refractivity contribution in [2.75, 3.05) is 41.0 Å². The fraction of sp³-hybridized carbons (Fsp3) is 0.750. The first kappa shape index (κ1) is 35.2. The lowest BCUT2D eigenvalue weighted by Gasteiger charge is -2.33. The van der Waals surface area contributed by atoms with Crippen LogP contribution in [0.4, 0.5) is 0 Å². The molecule has 0 bridgehead atoms. The average molecular weight is 580 g/mol. The van der Waals surface area contributed by atoms with Crippen LogP contribution < -0.4 is 0 Å². The molecule has 1 saturated heterocycles. The van der Waals surface area contributed by atoms with Crippen LogP contribution in [0.2, 0.25) is 0 Å². The molecule has 0 amide bonds. The summed E-state index contributed by atoms with van der Waals surface area (Å²) in [6, 6.07) is 10.4. The monoisotopic (exact) mass is 579 g/mol. The van der Waals surface area contributed by atoms with E-state index in [4.69, 9.17) is 23.7 Å². The van der Waals surface area contributed by atoms with Crippen molar-refractivity contribution in [2.45, 2.75) is 103 Å². The summed E-state index contributed by atoms with van der Waals surface area (Å²) in [4.78, 5) is 27.5. The summed E-state index contributed by atoms with van der Waals surface area (Å²) in [5.74, 6) is -0.811. The van der Waals surface area contributed by atoms with E-state index in [-0.39, 0.29) is 30.8 Å². The second-order valence-corrected chi connectivity index (χ2v) is 11.4. The first-order chi connectivity index (χ1) is 19.7. The Labute approximate surface area is 246 Å². The third kappa shape index (κ3) is 13.2. The van der Waals surface area contributed by atoms with Crippen molar-refractivity contribution in [3.05, 3.63) is 35.9 Å². The zero-order valence-electron chi connectivity index (χ0n) is 26.0. The molecular weight excluding hydrogens is 526 g/mol. The number of rotatable bonds is 11. The smallest absolute Gasteiger partial charge is 0.309 e. The Balaban J connectivity index is 2.26. The van der Waals surface area contributed by atoms with Crippen LogP contribution >= 0.6 is 0 Å². The molecule has 0 aromatic heterocycles. The maximum Gasteiger partial charge on any atom is 0.309 e. The maximum absolute atomic E-state index is 13.0. The van der Waals surface area contributed by atoms with Crippen LogP contribution in [0.25, 0.3) is 0 Å². The third-order valence-electron chi connectivity index (χ3n) is 8.05. The Morgan fingerprint density at radius 2 is 1.80 bits per heavy atom. The molecule has 0 aliphatic carbocycles. The van der Waals surface area contributed by atoms with Gasteiger partial charge in [0.2, 0.25) is 0 Å². The van der Waals surface area contributed by atoms with E-state index in [2.05, 4.69) is 36.1 Å². The lowest BCUT2D eigenvalue weighted by Crippen LogP contribution is -2.39. The van der Waals surface area contributed by atoms with Crippen LogP contribution in [0.15, 0.2) is 30.3 Å². The Kier molecular flexibility index (Phi) is 16.5. The number of cyclic esters (lactones) is 1. The number of hydrogen-bond donors (Lipinski definition) is 1. The summed E-state index contributed by atoms with van der Waals surface area (Å²) in [6.45, 7) is 7.73. The Morgan fingerprint density at radius 3 is 2.44 bits per heavy atom. The fourth-order valence-corrected chi connectivity index (χ4v) is 5.51. The van der Waals surface area contributed by atoms with Crippen LogP contribution in [0.3, 0.4) is 0 Å². The van der Waals surface area contributed by atoms with Crippen LogP contribution in [0.5, 0.6) is 0 Å². The van der Waals surface area contributed by atoms with Gasteiger partial charge in [-0.2, -0.15) is 0 Å². The summed E-state index contributed by atoms with van der Waals surface area (Å²) in [7, 11) is 4.76. The molecule has 1 fully saturated rings. The standard InChI is InChI=1S/C32H53NO8/c1-7-30(35)41-29-21-31(36)40-24(3)15-17-33(16-11-14-25-12-9-8-10-13-25)22-27(34)23(2)18-26(19-28(29)37-4)20-32(38-5)39-6/h8-10,12-13,23-24,26-29,32,34H,7,11,14-22H2,1-6H3. The molecule has 1 aromatic rings. The molecule has 0 radical (unpaired) electrons. The van der Waals surface area contributed by atoms with Gasteiger partial charge in [0.15, 0.2) is 6.29 Å². The average Bonchev–Trinajstić information content (AvgIpc) is 2.96. The Morgan fingerprint density at radius 1 is 1.10 bits per heavy atom. The Hall–Kier alpha value is -2.04. The number of aliphatic hydroxyl groups is 1. The third-order valence-corrected chi connectivity index (χ3v) is 8.05. The highest BCUT2D eigenvalue weighted by Crippen LogP contribution is 2.29. The lowest BCUT2D eigenvalue weighted by atomic mass is 9.84. The first-order valence-corrected chi connectivity index (χ1v) is 15.1. The molecule has 1 N–H and O–H groups in total. The molecule has 234 valence electrons. The van der Waals surface area contributed by atoms with Crippen molar-refractivity contribution in [3.63, 3.8) is 0 Å². The van der Waals surface area contributed by atoms with E-state index in [0.717, 1.165) is 19.4 Å². The summed E-state index contributed by atoms with van der Waals surface area (Å²) in [5.41, 5.74) is 1.29. The zero-order chi connectivity index (χ0) is 30.2. The first-order valence-electron chi connectivity index (χ1n) is 15.1. The number of aliphatic hydroxyl groups excluding tert-OH is 1. The molecule has 1 aromatic carbocycles. The number of benzene rings is 1. The molecule has 1 heterocycles. The highest BCUT2D eigenvalue weighted by Gasteiger charge is 2.33. The topological polar surface area (TPSA) is 104 Å². The SMILES string of the molecule is CCC(=O)OC1CC(=O)OC(C)CCN(CCCc2ccccc2)CC(O)C(C)CC(CC(OC)OC)CC1OC. The van der Waals surface area contributed by atoms with Gasteiger partial charge in [0, 0.05) is 47.3 Å². The second-order valence-electron chi connectivity index (χ2n) is 11.4. The molecule has 41 heavy (non-hydrogen) atoms. The normalized spacial score (nSPS) is 27.6. The van der Waals surface area contributed by atoms with Gasteiger partial charge in [-0.1, -0.05) is 44.2 Å². The molecule has 9 heteroatoms. The van der Waals surface area contributed by atoms with Gasteiger partial charge >= 0.3 is 11.9 Å². The van der Waals surface area contributed by atoms with Gasteiger partial charge in [0.1, 0.15) is 12.2 Å². The number of esters is 2. The van der Waals surface area contributed by atoms with Gasteiger partial charge < -0.3 is 33.7 Å². The zero-order valence-corrected chi connectivity index (χ0v) is 26.0. The van der Waals surface area contributed by atoms with E-state index in [9.17, 15) is 14.7 Å². The predicted molar refractivity (Wildman–Crippen MR) is 157 cm³/mol. The minimum Gasteiger partial charge on any atom is -0.463 e. The van der Waals surface area contributed by atoms with Crippen LogP contribution in [-0.4, -0.2) is 93.6 Å². The number of carbonyl (C=O) groups excluding carboxylic acids is 2. The minimum atomic E-state index is -0.780. The van der Waals surface area contributed by atoms with Gasteiger partial charge in [-0.15, -0.1) is 0 Å². The number of nitrogens with zero attached hydrogens (tertiary/aromatic N) is 1. The highest BCUT2D eigenvalue weighted by atomic mass is 16.7. The van der Waals surface area contributed by atoms with Gasteiger partial charge in [0.25, 0.3) is 0 Å². The molecular formula is C32H53NO8. The molecule has 6 unspecified atom stereocenters. The van der Waals surface area contributed by atoms with E-state index in [1.807, 2.05) is 13.0 Å². The molecule has 6 atom stereocenters. The molecule has 9 nitrogen and oxygen atoms in total. The minimum absolute atomic E-state index is 0.0134. The van der Waals surface area contributed by atoms with Crippen molar-refractivity contribution >= 4 is 11.9 Å². The summed E-state index contributed by atoms with van der Waals surface area (Å²) >= 11 is 0. The van der Waals surface area contributed by atoms with Gasteiger partial charge in [-0.25, -0.2) is 0 Å². The van der Waals surface area contributed by atoms with Crippen molar-refractivity contribution < 1.29 is 38.4 Å². The van der Waals surface area contributed by atoms with Crippen LogP contribution in [-0.2, 0) is 39.7 Å². The number of ether oxygens (including phenoxy) is 5. The van der Waals surface area contributed by atoms with Crippen LogP contribution in [0.1, 0.15) is 71.3 Å². The van der Waals surface area contributed by atoms with Gasteiger partial charge in [-0.05, 0) is 63.0 Å². The van der Waals surface area contributed by atoms with Gasteiger partial charge in [0.05, 0.1) is 18.6 Å². The number of hydrogen-bond acceptors (Lipinski definition) is 9. The second kappa shape index (κ2) is 19.2. The number of β-amino-alcohol motifs (C(OH)–C–C–N with tert-alkyl or cyclic N) is 1. The summed E-state index contributed by atoms with van der Waals surface area (Å²) in [6.07, 6.45) is 1.83. The molecule has 1 aliphatic heterocycles. The largest absolute Gasteiger partial charge is 0.463 e. The maximum atomic E-state index is 13.0. The van der Waals surface area contributed by atoms with E-state index in [1.54, 1.807) is 28.3 Å². The Bertz CT molecular complexity index is 865. The number of aryl methyl sites for hydroxylation is 1. The summed E-state index contributed by atoms with van der Waals surface area (Å²) in [5, 5.41) is 11.3. The predicted octanol–water partition coefficient (Wildman–Crippen LogP) is 4.39. The van der Waals surface area contributed by atoms with Crippen molar-refractivity contribution in [2.24, 2.45) is 11.8 Å². The summed E-state index contributed by atoms with van der Waals surface area (Å²) < 4.78 is 28.3. The molecule has 0 spiro atoms. The van der Waals surface area contributed by atoms with E-state index in [0.29, 0.717) is 38.8 Å². The van der Waals surface area contributed by atoms with Crippen molar-refractivity contribution in [3.8, 4) is 0 Å². The van der Waals surface area contributed by atoms with Gasteiger partial charge in [-0.3, -0.25) is 9.59 Å². The van der Waals surface area contributed by atoms with E-state index in [1.165, 1.54) is 5.56 Å². The van der Waals surface area contributed by atoms with E-state index >= 15 is 0 Å². The molecule has 1 aliphatic rings. The quantitative estimate of drug-likeness (QED) is 0.302. The number of methoxy groups -OCH3 is 3. The molecule has 0 saturated carbocycles. The highest BCUT2D eigenvalue weighted by molar-refractivity contribution is 5.72. The van der Waals surface area contributed by atoms with Crippen molar-refractivity contribution in [1.29, 1.82) is 0 Å².